The lowest BCUT2D eigenvalue weighted by atomic mass is 10.2. The number of pyridine rings is 1. The number of hydrogen-bond donors (Lipinski definition) is 1. The number of nitrogens with one attached hydrogen (secondary N) is 1. The maximum absolute atomic E-state index is 4.27. The highest BCUT2D eigenvalue weighted by atomic mass is 79.9. The summed E-state index contributed by atoms with van der Waals surface area (Å²) in [5, 5.41) is 3.40. The fraction of sp³-hybridized carbons (Fsp3) is 0.500. The van der Waals surface area contributed by atoms with Crippen molar-refractivity contribution in [1.29, 1.82) is 0 Å². The molecule has 0 amide bonds. The second-order valence-corrected chi connectivity index (χ2v) is 5.17. The molecule has 0 radical (unpaired) electrons. The molecule has 1 N–H and O–H groups in total. The van der Waals surface area contributed by atoms with E-state index in [2.05, 4.69) is 40.1 Å². The third-order valence-corrected chi connectivity index (χ3v) is 3.03. The highest BCUT2D eigenvalue weighted by molar-refractivity contribution is 9.10. The summed E-state index contributed by atoms with van der Waals surface area (Å²) in [6.45, 7) is 4.53. The molecular weight excluding hydrogens is 228 g/mol. The molecule has 1 aliphatic rings. The van der Waals surface area contributed by atoms with Gasteiger partial charge in [-0.3, -0.25) is 0 Å². The molecule has 1 fully saturated rings. The Bertz CT molecular complexity index is 305. The summed E-state index contributed by atoms with van der Waals surface area (Å²) in [7, 11) is 0. The average molecular weight is 241 g/mol. The van der Waals surface area contributed by atoms with Crippen molar-refractivity contribution < 1.29 is 0 Å². The van der Waals surface area contributed by atoms with Gasteiger partial charge in [0.15, 0.2) is 0 Å². The summed E-state index contributed by atoms with van der Waals surface area (Å²) in [6, 6.07) is 4.60. The van der Waals surface area contributed by atoms with E-state index in [4.69, 9.17) is 0 Å². The van der Waals surface area contributed by atoms with Crippen LogP contribution in [0, 0.1) is 5.41 Å². The van der Waals surface area contributed by atoms with Crippen molar-refractivity contribution in [3.05, 3.63) is 22.8 Å². The molecular formula is C10H13BrN2. The quantitative estimate of drug-likeness (QED) is 0.860. The molecule has 0 aromatic carbocycles. The van der Waals surface area contributed by atoms with Crippen LogP contribution >= 0.6 is 15.9 Å². The molecule has 70 valence electrons. The number of halogens is 1. The first-order valence-electron chi connectivity index (χ1n) is 4.46. The van der Waals surface area contributed by atoms with Gasteiger partial charge in [0.2, 0.25) is 0 Å². The molecule has 1 aliphatic carbocycles. The molecule has 2 rings (SSSR count). The predicted molar refractivity (Wildman–Crippen MR) is 57.7 cm³/mol. The van der Waals surface area contributed by atoms with Crippen LogP contribution in [0.25, 0.3) is 0 Å². The van der Waals surface area contributed by atoms with E-state index in [0.29, 0.717) is 11.5 Å². The van der Waals surface area contributed by atoms with Crippen LogP contribution in [-0.4, -0.2) is 11.0 Å². The van der Waals surface area contributed by atoms with E-state index in [0.717, 1.165) is 10.3 Å². The van der Waals surface area contributed by atoms with E-state index in [1.54, 1.807) is 0 Å². The predicted octanol–water partition coefficient (Wildman–Crippen LogP) is 3.05. The van der Waals surface area contributed by atoms with Crippen LogP contribution in [0.3, 0.4) is 0 Å². The molecule has 1 aromatic rings. The first-order chi connectivity index (χ1) is 6.08. The van der Waals surface area contributed by atoms with Crippen molar-refractivity contribution in [3.63, 3.8) is 0 Å². The van der Waals surface area contributed by atoms with Gasteiger partial charge >= 0.3 is 0 Å². The lowest BCUT2D eigenvalue weighted by Crippen LogP contribution is -2.09. The zero-order valence-corrected chi connectivity index (χ0v) is 9.43. The van der Waals surface area contributed by atoms with Gasteiger partial charge in [-0.05, 0) is 39.9 Å². The molecule has 0 saturated heterocycles. The first-order valence-corrected chi connectivity index (χ1v) is 5.25. The van der Waals surface area contributed by atoms with Crippen LogP contribution in [0.1, 0.15) is 20.3 Å². The zero-order valence-electron chi connectivity index (χ0n) is 7.84. The Morgan fingerprint density at radius 1 is 1.54 bits per heavy atom. The Kier molecular flexibility index (Phi) is 2.06. The number of aromatic nitrogens is 1. The maximum atomic E-state index is 4.27. The number of hydrogen-bond acceptors (Lipinski definition) is 2. The number of nitrogens with zero attached hydrogens (tertiary/aromatic N) is 1. The van der Waals surface area contributed by atoms with Gasteiger partial charge in [0.25, 0.3) is 0 Å². The summed E-state index contributed by atoms with van der Waals surface area (Å²) >= 11 is 3.36. The van der Waals surface area contributed by atoms with Gasteiger partial charge in [0, 0.05) is 16.7 Å². The fourth-order valence-corrected chi connectivity index (χ4v) is 1.59. The minimum Gasteiger partial charge on any atom is -0.367 e. The van der Waals surface area contributed by atoms with Gasteiger partial charge in [0.05, 0.1) is 0 Å². The maximum Gasteiger partial charge on any atom is 0.126 e. The van der Waals surface area contributed by atoms with E-state index in [9.17, 15) is 0 Å². The van der Waals surface area contributed by atoms with Gasteiger partial charge in [0.1, 0.15) is 5.82 Å². The van der Waals surface area contributed by atoms with Crippen LogP contribution < -0.4 is 5.32 Å². The highest BCUT2D eigenvalue weighted by Crippen LogP contribution is 2.46. The van der Waals surface area contributed by atoms with Crippen LogP contribution in [0.4, 0.5) is 5.82 Å². The van der Waals surface area contributed by atoms with Crippen molar-refractivity contribution in [2.24, 2.45) is 5.41 Å². The second-order valence-electron chi connectivity index (χ2n) is 4.25. The number of rotatable bonds is 2. The first kappa shape index (κ1) is 9.00. The topological polar surface area (TPSA) is 24.9 Å². The summed E-state index contributed by atoms with van der Waals surface area (Å²) in [4.78, 5) is 4.27. The van der Waals surface area contributed by atoms with Crippen LogP contribution in [0.15, 0.2) is 22.8 Å². The minimum absolute atomic E-state index is 0.453. The normalized spacial score (nSPS) is 24.1. The summed E-state index contributed by atoms with van der Waals surface area (Å²) in [5.41, 5.74) is 0.453. The van der Waals surface area contributed by atoms with Gasteiger partial charge in [-0.1, -0.05) is 13.8 Å². The van der Waals surface area contributed by atoms with Gasteiger partial charge in [-0.15, -0.1) is 0 Å². The van der Waals surface area contributed by atoms with Crippen molar-refractivity contribution >= 4 is 21.7 Å². The summed E-state index contributed by atoms with van der Waals surface area (Å²) in [6.07, 6.45) is 3.06. The van der Waals surface area contributed by atoms with E-state index in [-0.39, 0.29) is 0 Å². The SMILES string of the molecule is CC1(C)C[C@H]1Nc1ccc(Br)cn1. The molecule has 0 bridgehead atoms. The largest absolute Gasteiger partial charge is 0.367 e. The smallest absolute Gasteiger partial charge is 0.126 e. The Labute approximate surface area is 86.9 Å². The Balaban J connectivity index is 2.00. The van der Waals surface area contributed by atoms with E-state index < -0.39 is 0 Å². The molecule has 1 saturated carbocycles. The Morgan fingerprint density at radius 3 is 2.69 bits per heavy atom. The molecule has 0 spiro atoms. The van der Waals surface area contributed by atoms with Gasteiger partial charge in [-0.25, -0.2) is 4.98 Å². The van der Waals surface area contributed by atoms with Crippen LogP contribution in [0.2, 0.25) is 0 Å². The van der Waals surface area contributed by atoms with Crippen molar-refractivity contribution in [2.45, 2.75) is 26.3 Å². The third kappa shape index (κ3) is 2.02. The highest BCUT2D eigenvalue weighted by Gasteiger charge is 2.45. The average Bonchev–Trinajstić information content (AvgIpc) is 2.64. The number of anilines is 1. The monoisotopic (exact) mass is 240 g/mol. The van der Waals surface area contributed by atoms with Crippen LogP contribution in [0.5, 0.6) is 0 Å². The molecule has 3 heteroatoms. The van der Waals surface area contributed by atoms with E-state index >= 15 is 0 Å². The van der Waals surface area contributed by atoms with Crippen LogP contribution in [-0.2, 0) is 0 Å². The molecule has 1 heterocycles. The van der Waals surface area contributed by atoms with Gasteiger partial charge < -0.3 is 5.32 Å². The Morgan fingerprint density at radius 2 is 2.23 bits per heavy atom. The summed E-state index contributed by atoms with van der Waals surface area (Å²) < 4.78 is 1.02. The van der Waals surface area contributed by atoms with Crippen molar-refractivity contribution in [3.8, 4) is 0 Å². The summed E-state index contributed by atoms with van der Waals surface area (Å²) in [5.74, 6) is 0.971. The van der Waals surface area contributed by atoms with Crippen molar-refractivity contribution in [1.82, 2.24) is 4.98 Å². The van der Waals surface area contributed by atoms with Crippen molar-refractivity contribution in [2.75, 3.05) is 5.32 Å². The second kappa shape index (κ2) is 2.98. The van der Waals surface area contributed by atoms with Gasteiger partial charge in [-0.2, -0.15) is 0 Å². The zero-order chi connectivity index (χ0) is 9.47. The minimum atomic E-state index is 0.453. The lowest BCUT2D eigenvalue weighted by Gasteiger charge is -2.06. The standard InChI is InChI=1S/C10H13BrN2/c1-10(2)5-8(10)13-9-4-3-7(11)6-12-9/h3-4,6,8H,5H2,1-2H3,(H,12,13)/t8-/m1/s1. The van der Waals surface area contributed by atoms with E-state index in [1.807, 2.05) is 18.3 Å². The molecule has 1 aromatic heterocycles. The molecule has 1 atom stereocenters. The fourth-order valence-electron chi connectivity index (χ4n) is 1.35. The van der Waals surface area contributed by atoms with E-state index in [1.165, 1.54) is 6.42 Å². The Hall–Kier alpha value is -0.570. The lowest BCUT2D eigenvalue weighted by molar-refractivity contribution is 0.630. The molecule has 0 aliphatic heterocycles. The molecule has 13 heavy (non-hydrogen) atoms. The molecule has 2 nitrogen and oxygen atoms in total. The third-order valence-electron chi connectivity index (χ3n) is 2.56. The molecule has 0 unspecified atom stereocenters.